The molecule has 8 nitrogen and oxygen atoms in total. The van der Waals surface area contributed by atoms with Crippen LogP contribution in [0.4, 0.5) is 11.4 Å². The van der Waals surface area contributed by atoms with E-state index in [9.17, 15) is 9.90 Å². The zero-order valence-electron chi connectivity index (χ0n) is 19.1. The Bertz CT molecular complexity index is 1490. The zero-order valence-corrected chi connectivity index (χ0v) is 19.1. The van der Waals surface area contributed by atoms with Gasteiger partial charge >= 0.3 is 0 Å². The first-order chi connectivity index (χ1) is 16.4. The number of nitrogens with zero attached hydrogens (tertiary/aromatic N) is 1. The smallest absolute Gasteiger partial charge is 0.261 e. The van der Waals surface area contributed by atoms with Crippen molar-refractivity contribution in [1.82, 2.24) is 0 Å². The highest BCUT2D eigenvalue weighted by atomic mass is 16.7. The van der Waals surface area contributed by atoms with Crippen LogP contribution in [0, 0.1) is 20.8 Å². The second kappa shape index (κ2) is 8.64. The fraction of sp³-hybridized carbons (Fsp3) is 0.192. The summed E-state index contributed by atoms with van der Waals surface area (Å²) in [6, 6.07) is 12.8. The lowest BCUT2D eigenvalue weighted by molar-refractivity contribution is -0.386. The van der Waals surface area contributed by atoms with Crippen LogP contribution in [0.2, 0.25) is 0 Å². The Labute approximate surface area is 195 Å². The lowest BCUT2D eigenvalue weighted by Crippen LogP contribution is -2.23. The first kappa shape index (κ1) is 21.7. The standard InChI is InChI=1S/C26H23N3O5/c1-14-6-15(2)8-19(7-14)29-26-21(10-20-17(12-30)11-27-16(3)24(20)34-26)25(31)28-18-4-5-22-23(9-18)33-13-32-22/h4-11,30H,12-13H2,1-3H3,(H,28,31)/p+1. The highest BCUT2D eigenvalue weighted by Gasteiger charge is 2.20. The van der Waals surface area contributed by atoms with Crippen molar-refractivity contribution in [1.29, 1.82) is 0 Å². The monoisotopic (exact) mass is 458 g/mol. The third kappa shape index (κ3) is 4.11. The summed E-state index contributed by atoms with van der Waals surface area (Å²) >= 11 is 0. The van der Waals surface area contributed by atoms with Gasteiger partial charge in [-0.25, -0.2) is 9.98 Å². The Morgan fingerprint density at radius 3 is 2.59 bits per heavy atom. The number of aliphatic hydroxyl groups excluding tert-OH is 1. The number of fused-ring (bicyclic) bond motifs is 2. The van der Waals surface area contributed by atoms with Crippen LogP contribution in [-0.4, -0.2) is 17.8 Å². The average Bonchev–Trinajstić information content (AvgIpc) is 3.26. The first-order valence-electron chi connectivity index (χ1n) is 10.8. The summed E-state index contributed by atoms with van der Waals surface area (Å²) in [7, 11) is 0. The molecule has 0 saturated heterocycles. The summed E-state index contributed by atoms with van der Waals surface area (Å²) in [5, 5.41) is 13.4. The number of pyridine rings is 1. The lowest BCUT2D eigenvalue weighted by Gasteiger charge is -2.09. The number of aliphatic hydroxyl groups is 1. The number of carbonyl (C=O) groups excluding carboxylic acids is 1. The van der Waals surface area contributed by atoms with Crippen molar-refractivity contribution >= 4 is 28.3 Å². The predicted octanol–water partition coefficient (Wildman–Crippen LogP) is 3.88. The molecule has 34 heavy (non-hydrogen) atoms. The van der Waals surface area contributed by atoms with Crippen LogP contribution in [0.3, 0.4) is 0 Å². The Morgan fingerprint density at radius 2 is 1.82 bits per heavy atom. The van der Waals surface area contributed by atoms with Gasteiger partial charge in [-0.3, -0.25) is 4.79 Å². The number of carbonyl (C=O) groups is 1. The maximum absolute atomic E-state index is 13.4. The van der Waals surface area contributed by atoms with Crippen molar-refractivity contribution < 1.29 is 28.8 Å². The molecular weight excluding hydrogens is 434 g/mol. The second-order valence-corrected chi connectivity index (χ2v) is 8.28. The van der Waals surface area contributed by atoms with Crippen LogP contribution in [0.15, 0.2) is 58.1 Å². The summed E-state index contributed by atoms with van der Waals surface area (Å²) in [5.41, 5.74) is 5.63. The van der Waals surface area contributed by atoms with Crippen LogP contribution in [0.5, 0.6) is 11.5 Å². The van der Waals surface area contributed by atoms with E-state index in [2.05, 4.69) is 21.4 Å². The molecule has 0 atom stereocenters. The summed E-state index contributed by atoms with van der Waals surface area (Å²) < 4.78 is 16.9. The number of nitrogens with one attached hydrogen (secondary N) is 2. The van der Waals surface area contributed by atoms with Gasteiger partial charge in [-0.05, 0) is 55.3 Å². The Kier molecular flexibility index (Phi) is 5.51. The molecule has 1 aliphatic heterocycles. The van der Waals surface area contributed by atoms with Crippen molar-refractivity contribution in [2.75, 3.05) is 12.1 Å². The van der Waals surface area contributed by atoms with Gasteiger partial charge in [0.25, 0.3) is 5.91 Å². The fourth-order valence-electron chi connectivity index (χ4n) is 4.02. The van der Waals surface area contributed by atoms with Gasteiger partial charge in [0.05, 0.1) is 17.9 Å². The molecule has 0 aliphatic carbocycles. The maximum atomic E-state index is 13.4. The molecule has 4 aromatic rings. The number of rotatable bonds is 4. The topological polar surface area (TPSA) is 107 Å². The Morgan fingerprint density at radius 1 is 1.06 bits per heavy atom. The van der Waals surface area contributed by atoms with Gasteiger partial charge in [0, 0.05) is 24.1 Å². The van der Waals surface area contributed by atoms with E-state index in [0.717, 1.165) is 16.8 Å². The predicted molar refractivity (Wildman–Crippen MR) is 125 cm³/mol. The largest absolute Gasteiger partial charge is 0.454 e. The molecule has 0 radical (unpaired) electrons. The van der Waals surface area contributed by atoms with Crippen molar-refractivity contribution in [3.8, 4) is 11.5 Å². The third-order valence-electron chi connectivity index (χ3n) is 5.59. The molecule has 2 aromatic heterocycles. The van der Waals surface area contributed by atoms with Crippen molar-refractivity contribution in [2.45, 2.75) is 27.4 Å². The number of amides is 1. The highest BCUT2D eigenvalue weighted by molar-refractivity contribution is 6.05. The van der Waals surface area contributed by atoms with Gasteiger partial charge in [0.15, 0.2) is 17.7 Å². The van der Waals surface area contributed by atoms with Crippen LogP contribution >= 0.6 is 0 Å². The third-order valence-corrected chi connectivity index (χ3v) is 5.59. The van der Waals surface area contributed by atoms with E-state index < -0.39 is 5.91 Å². The second-order valence-electron chi connectivity index (χ2n) is 8.28. The molecule has 1 amide bonds. The van der Waals surface area contributed by atoms with Crippen molar-refractivity contribution in [3.63, 3.8) is 0 Å². The van der Waals surface area contributed by atoms with Gasteiger partial charge < -0.3 is 24.3 Å². The molecule has 3 N–H and O–H groups in total. The van der Waals surface area contributed by atoms with Gasteiger partial charge in [-0.1, -0.05) is 6.07 Å². The van der Waals surface area contributed by atoms with E-state index in [4.69, 9.17) is 13.9 Å². The number of aromatic amines is 1. The summed E-state index contributed by atoms with van der Waals surface area (Å²) in [6.45, 7) is 5.78. The summed E-state index contributed by atoms with van der Waals surface area (Å²) in [5.74, 6) is 0.792. The molecule has 0 fully saturated rings. The summed E-state index contributed by atoms with van der Waals surface area (Å²) in [6.07, 6.45) is 1.70. The Balaban J connectivity index is 1.67. The van der Waals surface area contributed by atoms with E-state index >= 15 is 0 Å². The molecule has 0 unspecified atom stereocenters. The fourth-order valence-corrected chi connectivity index (χ4v) is 4.02. The minimum atomic E-state index is -0.401. The zero-order chi connectivity index (χ0) is 23.8. The van der Waals surface area contributed by atoms with E-state index in [1.807, 2.05) is 32.9 Å². The van der Waals surface area contributed by atoms with E-state index in [1.165, 1.54) is 0 Å². The van der Waals surface area contributed by atoms with Gasteiger partial charge in [-0.15, -0.1) is 0 Å². The van der Waals surface area contributed by atoms with E-state index in [0.29, 0.717) is 39.4 Å². The molecular formula is C26H24N3O5+. The van der Waals surface area contributed by atoms with E-state index in [1.54, 1.807) is 30.5 Å². The van der Waals surface area contributed by atoms with Gasteiger partial charge in [0.2, 0.25) is 23.6 Å². The Hall–Kier alpha value is -4.17. The lowest BCUT2D eigenvalue weighted by atomic mass is 10.1. The van der Waals surface area contributed by atoms with Crippen LogP contribution in [0.1, 0.15) is 32.7 Å². The number of anilines is 1. The quantitative estimate of drug-likeness (QED) is 0.483. The maximum Gasteiger partial charge on any atom is 0.261 e. The molecule has 5 rings (SSSR count). The van der Waals surface area contributed by atoms with Crippen LogP contribution < -0.4 is 25.3 Å². The van der Waals surface area contributed by atoms with Crippen molar-refractivity contribution in [3.05, 3.63) is 82.2 Å². The number of H-pyrrole nitrogens is 1. The SMILES string of the molecule is Cc1cc(C)cc(N=c2oc3c(C)[nH+]cc(CO)c3cc2C(=O)Nc2ccc3c(c2)OCO3)c1. The molecule has 8 heteroatoms. The highest BCUT2D eigenvalue weighted by Crippen LogP contribution is 2.34. The number of ether oxygens (including phenoxy) is 2. The molecule has 172 valence electrons. The van der Waals surface area contributed by atoms with Crippen LogP contribution in [-0.2, 0) is 6.61 Å². The average molecular weight is 458 g/mol. The molecule has 1 aliphatic rings. The van der Waals surface area contributed by atoms with Gasteiger partial charge in [-0.2, -0.15) is 0 Å². The number of hydrogen-bond acceptors (Lipinski definition) is 6. The number of aryl methyl sites for hydroxylation is 3. The molecule has 0 saturated carbocycles. The van der Waals surface area contributed by atoms with Gasteiger partial charge in [0.1, 0.15) is 5.56 Å². The molecule has 0 bridgehead atoms. The molecule has 2 aromatic carbocycles. The minimum absolute atomic E-state index is 0.148. The van der Waals surface area contributed by atoms with Crippen LogP contribution in [0.25, 0.3) is 11.0 Å². The molecule has 3 heterocycles. The normalized spacial score (nSPS) is 12.9. The summed E-state index contributed by atoms with van der Waals surface area (Å²) in [4.78, 5) is 21.2. The molecule has 0 spiro atoms. The number of hydrogen-bond donors (Lipinski definition) is 2. The minimum Gasteiger partial charge on any atom is -0.454 e. The van der Waals surface area contributed by atoms with E-state index in [-0.39, 0.29) is 24.5 Å². The van der Waals surface area contributed by atoms with Crippen molar-refractivity contribution in [2.24, 2.45) is 4.99 Å². The number of benzene rings is 2. The first-order valence-corrected chi connectivity index (χ1v) is 10.8. The number of aromatic nitrogens is 1.